The largest absolute Gasteiger partial charge is 0.399 e. The average molecular weight is 491 g/mol. The first-order valence-electron chi connectivity index (χ1n) is 12.2. The van der Waals surface area contributed by atoms with Crippen molar-refractivity contribution in [1.29, 1.82) is 0 Å². The number of benzene rings is 2. The molecule has 3 aromatic rings. The minimum Gasteiger partial charge on any atom is -0.399 e. The van der Waals surface area contributed by atoms with Gasteiger partial charge in [0.2, 0.25) is 11.8 Å². The summed E-state index contributed by atoms with van der Waals surface area (Å²) in [5, 5.41) is 11.2. The average Bonchev–Trinajstić information content (AvgIpc) is 3.36. The van der Waals surface area contributed by atoms with Crippen LogP contribution in [0.3, 0.4) is 0 Å². The second-order valence-electron chi connectivity index (χ2n) is 10.6. The second-order valence-corrected chi connectivity index (χ2v) is 10.6. The summed E-state index contributed by atoms with van der Waals surface area (Å²) in [6.07, 6.45) is 0.417. The summed E-state index contributed by atoms with van der Waals surface area (Å²) >= 11 is 0. The normalized spacial score (nSPS) is 16.8. The molecule has 4 rings (SSSR count). The molecule has 0 bridgehead atoms. The lowest BCUT2D eigenvalue weighted by Crippen LogP contribution is -2.54. The molecule has 9 nitrogen and oxygen atoms in total. The molecule has 4 N–H and O–H groups in total. The van der Waals surface area contributed by atoms with Gasteiger partial charge in [0.1, 0.15) is 6.04 Å². The van der Waals surface area contributed by atoms with Gasteiger partial charge in [-0.25, -0.2) is 0 Å². The van der Waals surface area contributed by atoms with Crippen LogP contribution < -0.4 is 16.4 Å². The number of carbonyl (C=O) groups excluding carboxylic acids is 3. The van der Waals surface area contributed by atoms with Gasteiger partial charge in [-0.1, -0.05) is 51.1 Å². The first-order chi connectivity index (χ1) is 17.0. The van der Waals surface area contributed by atoms with Crippen LogP contribution in [-0.2, 0) is 16.1 Å². The second kappa shape index (κ2) is 10.0. The van der Waals surface area contributed by atoms with Crippen LogP contribution in [0.5, 0.6) is 0 Å². The Bertz CT molecular complexity index is 1270. The molecule has 1 fully saturated rings. The van der Waals surface area contributed by atoms with Crippen LogP contribution in [0.25, 0.3) is 10.9 Å². The summed E-state index contributed by atoms with van der Waals surface area (Å²) in [6.45, 7) is 7.19. The van der Waals surface area contributed by atoms with Gasteiger partial charge in [0, 0.05) is 43.5 Å². The molecule has 36 heavy (non-hydrogen) atoms. The maximum absolute atomic E-state index is 13.4. The number of nitrogens with one attached hydrogen (secondary N) is 2. The Morgan fingerprint density at radius 3 is 2.47 bits per heavy atom. The summed E-state index contributed by atoms with van der Waals surface area (Å²) in [7, 11) is 1.76. The van der Waals surface area contributed by atoms with Crippen molar-refractivity contribution in [3.63, 3.8) is 0 Å². The van der Waals surface area contributed by atoms with Crippen molar-refractivity contribution in [3.8, 4) is 0 Å². The predicted molar refractivity (Wildman–Crippen MR) is 139 cm³/mol. The van der Waals surface area contributed by atoms with Crippen LogP contribution in [0.1, 0.15) is 43.2 Å². The number of likely N-dealkylation sites (tertiary alicyclic amines) is 1. The Morgan fingerprint density at radius 2 is 1.83 bits per heavy atom. The van der Waals surface area contributed by atoms with E-state index in [4.69, 9.17) is 5.73 Å². The fraction of sp³-hybridized carbons (Fsp3) is 0.407. The summed E-state index contributed by atoms with van der Waals surface area (Å²) in [5.41, 5.74) is 8.05. The summed E-state index contributed by atoms with van der Waals surface area (Å²) < 4.78 is 1.79. The molecule has 1 aliphatic rings. The molecule has 0 radical (unpaired) electrons. The highest BCUT2D eigenvalue weighted by molar-refractivity contribution is 6.06. The van der Waals surface area contributed by atoms with E-state index >= 15 is 0 Å². The number of anilines is 1. The highest BCUT2D eigenvalue weighted by Gasteiger charge is 2.35. The molecule has 1 aromatic heterocycles. The van der Waals surface area contributed by atoms with E-state index in [1.54, 1.807) is 16.6 Å². The molecule has 3 amide bonds. The topological polar surface area (TPSA) is 122 Å². The van der Waals surface area contributed by atoms with E-state index in [1.807, 2.05) is 69.3 Å². The first kappa shape index (κ1) is 25.2. The summed E-state index contributed by atoms with van der Waals surface area (Å²) in [5.74, 6) is -0.538. The quantitative estimate of drug-likeness (QED) is 0.439. The van der Waals surface area contributed by atoms with Gasteiger partial charge in [0.05, 0.1) is 12.1 Å². The minimum atomic E-state index is -0.777. The number of fused-ring (bicyclic) bond motifs is 1. The summed E-state index contributed by atoms with van der Waals surface area (Å²) in [4.78, 5) is 40.1. The van der Waals surface area contributed by atoms with E-state index < -0.39 is 17.4 Å². The molecule has 190 valence electrons. The lowest BCUT2D eigenvalue weighted by atomic mass is 9.86. The number of amides is 3. The molecule has 0 saturated carbocycles. The third kappa shape index (κ3) is 5.50. The van der Waals surface area contributed by atoms with Crippen LogP contribution in [0, 0.1) is 11.3 Å². The monoisotopic (exact) mass is 490 g/mol. The molecule has 2 aromatic carbocycles. The first-order valence-corrected chi connectivity index (χ1v) is 12.2. The van der Waals surface area contributed by atoms with Gasteiger partial charge in [-0.05, 0) is 29.2 Å². The fourth-order valence-electron chi connectivity index (χ4n) is 4.53. The van der Waals surface area contributed by atoms with Crippen LogP contribution in [-0.4, -0.2) is 58.6 Å². The van der Waals surface area contributed by atoms with Gasteiger partial charge in [0.25, 0.3) is 5.91 Å². The van der Waals surface area contributed by atoms with Crippen molar-refractivity contribution >= 4 is 34.3 Å². The van der Waals surface area contributed by atoms with E-state index in [0.717, 1.165) is 11.1 Å². The number of carbonyl (C=O) groups is 3. The van der Waals surface area contributed by atoms with Crippen LogP contribution in [0.15, 0.2) is 48.5 Å². The van der Waals surface area contributed by atoms with Crippen LogP contribution in [0.2, 0.25) is 0 Å². The molecular weight excluding hydrogens is 456 g/mol. The molecule has 1 aliphatic heterocycles. The molecule has 2 heterocycles. The lowest BCUT2D eigenvalue weighted by Gasteiger charge is -2.30. The number of rotatable bonds is 7. The Kier molecular flexibility index (Phi) is 7.01. The van der Waals surface area contributed by atoms with Gasteiger partial charge in [-0.3, -0.25) is 19.1 Å². The number of aromatic nitrogens is 2. The maximum Gasteiger partial charge on any atom is 0.273 e. The van der Waals surface area contributed by atoms with E-state index in [1.165, 1.54) is 0 Å². The molecule has 9 heteroatoms. The Hall–Kier alpha value is -3.88. The molecule has 1 saturated heterocycles. The van der Waals surface area contributed by atoms with Gasteiger partial charge < -0.3 is 21.3 Å². The van der Waals surface area contributed by atoms with Crippen molar-refractivity contribution in [2.24, 2.45) is 11.3 Å². The standard InChI is InChI=1S/C27H34N6O3/c1-27(2,3)24(26(36)29-14-18-13-22(34)32(4)15-18)30-25(35)23-20-7-5-6-8-21(20)33(31-23)16-17-9-11-19(28)12-10-17/h5-12,18,24H,13-16,28H2,1-4H3,(H,29,36)(H,30,35). The van der Waals surface area contributed by atoms with Crippen LogP contribution in [0.4, 0.5) is 5.69 Å². The number of hydrogen-bond donors (Lipinski definition) is 3. The highest BCUT2D eigenvalue weighted by Crippen LogP contribution is 2.23. The minimum absolute atomic E-state index is 0.0655. The van der Waals surface area contributed by atoms with E-state index in [-0.39, 0.29) is 23.4 Å². The van der Waals surface area contributed by atoms with Crippen molar-refractivity contribution < 1.29 is 14.4 Å². The Morgan fingerprint density at radius 1 is 1.14 bits per heavy atom. The zero-order chi connectivity index (χ0) is 26.0. The van der Waals surface area contributed by atoms with Crippen molar-refractivity contribution in [3.05, 3.63) is 59.8 Å². The third-order valence-electron chi connectivity index (χ3n) is 6.57. The number of hydrogen-bond acceptors (Lipinski definition) is 5. The third-order valence-corrected chi connectivity index (χ3v) is 6.57. The lowest BCUT2D eigenvalue weighted by molar-refractivity contribution is -0.127. The number of nitrogens with two attached hydrogens (primary N) is 1. The van der Waals surface area contributed by atoms with Crippen molar-refractivity contribution in [1.82, 2.24) is 25.3 Å². The van der Waals surface area contributed by atoms with Crippen LogP contribution >= 0.6 is 0 Å². The number of para-hydroxylation sites is 1. The Balaban J connectivity index is 1.53. The number of nitrogen functional groups attached to an aromatic ring is 1. The summed E-state index contributed by atoms with van der Waals surface area (Å²) in [6, 6.07) is 14.3. The molecule has 0 spiro atoms. The van der Waals surface area contributed by atoms with E-state index in [0.29, 0.717) is 37.1 Å². The van der Waals surface area contributed by atoms with Gasteiger partial charge in [-0.15, -0.1) is 0 Å². The van der Waals surface area contributed by atoms with Gasteiger partial charge in [-0.2, -0.15) is 5.10 Å². The molecule has 2 atom stereocenters. The van der Waals surface area contributed by atoms with E-state index in [2.05, 4.69) is 15.7 Å². The zero-order valence-corrected chi connectivity index (χ0v) is 21.2. The zero-order valence-electron chi connectivity index (χ0n) is 21.2. The predicted octanol–water partition coefficient (Wildman–Crippen LogP) is 2.41. The number of nitrogens with zero attached hydrogens (tertiary/aromatic N) is 3. The van der Waals surface area contributed by atoms with Gasteiger partial charge >= 0.3 is 0 Å². The maximum atomic E-state index is 13.4. The van der Waals surface area contributed by atoms with Crippen molar-refractivity contribution in [2.75, 3.05) is 25.9 Å². The molecular formula is C27H34N6O3. The molecule has 2 unspecified atom stereocenters. The smallest absolute Gasteiger partial charge is 0.273 e. The fourth-order valence-corrected chi connectivity index (χ4v) is 4.53. The van der Waals surface area contributed by atoms with Gasteiger partial charge in [0.15, 0.2) is 5.69 Å². The SMILES string of the molecule is CN1CC(CNC(=O)C(NC(=O)c2nn(Cc3ccc(N)cc3)c3ccccc23)C(C)(C)C)CC1=O. The highest BCUT2D eigenvalue weighted by atomic mass is 16.2. The van der Waals surface area contributed by atoms with E-state index in [9.17, 15) is 14.4 Å². The molecule has 0 aliphatic carbocycles. The Labute approximate surface area is 211 Å². The van der Waals surface area contributed by atoms with Crippen molar-refractivity contribution in [2.45, 2.75) is 39.8 Å².